The number of para-hydroxylation sites is 1. The van der Waals surface area contributed by atoms with E-state index in [9.17, 15) is 4.79 Å². The highest BCUT2D eigenvalue weighted by Gasteiger charge is 2.11. The van der Waals surface area contributed by atoms with Gasteiger partial charge in [-0.15, -0.1) is 0 Å². The second-order valence-corrected chi connectivity index (χ2v) is 6.49. The van der Waals surface area contributed by atoms with E-state index in [-0.39, 0.29) is 5.56 Å². The Morgan fingerprint density at radius 1 is 1.08 bits per heavy atom. The molecule has 0 N–H and O–H groups in total. The number of fused-ring (bicyclic) bond motifs is 1. The van der Waals surface area contributed by atoms with E-state index in [0.717, 1.165) is 11.3 Å². The van der Waals surface area contributed by atoms with E-state index >= 15 is 0 Å². The zero-order valence-corrected chi connectivity index (χ0v) is 14.4. The topological polar surface area (TPSA) is 60.9 Å². The first-order valence-electron chi connectivity index (χ1n) is 7.81. The van der Waals surface area contributed by atoms with E-state index in [0.29, 0.717) is 27.7 Å². The normalized spacial score (nSPS) is 11.1. The molecule has 6 heteroatoms. The standard InChI is InChI=1S/C19H15N3O2S/c1-22-18(23)14-9-5-6-10-15(14)21-19(22)25-12-17-20-11-16(24-17)13-7-3-2-4-8-13/h2-11H,12H2,1H3. The van der Waals surface area contributed by atoms with Crippen LogP contribution in [0.3, 0.4) is 0 Å². The van der Waals surface area contributed by atoms with E-state index in [2.05, 4.69) is 9.97 Å². The van der Waals surface area contributed by atoms with Crippen molar-refractivity contribution >= 4 is 22.7 Å². The zero-order chi connectivity index (χ0) is 17.2. The van der Waals surface area contributed by atoms with Gasteiger partial charge in [-0.3, -0.25) is 9.36 Å². The molecule has 4 aromatic rings. The van der Waals surface area contributed by atoms with Gasteiger partial charge in [0.1, 0.15) is 0 Å². The molecule has 0 aliphatic heterocycles. The van der Waals surface area contributed by atoms with Gasteiger partial charge in [-0.1, -0.05) is 54.2 Å². The predicted molar refractivity (Wildman–Crippen MR) is 98.5 cm³/mol. The molecular weight excluding hydrogens is 334 g/mol. The lowest BCUT2D eigenvalue weighted by Crippen LogP contribution is -2.19. The smallest absolute Gasteiger partial charge is 0.261 e. The van der Waals surface area contributed by atoms with Gasteiger partial charge in [0.15, 0.2) is 10.9 Å². The first-order chi connectivity index (χ1) is 12.2. The molecule has 5 nitrogen and oxygen atoms in total. The number of oxazole rings is 1. The number of thioether (sulfide) groups is 1. The molecular formula is C19H15N3O2S. The second kappa shape index (κ2) is 6.57. The fraction of sp³-hybridized carbons (Fsp3) is 0.105. The lowest BCUT2D eigenvalue weighted by Gasteiger charge is -2.07. The summed E-state index contributed by atoms with van der Waals surface area (Å²) >= 11 is 1.43. The van der Waals surface area contributed by atoms with Crippen molar-refractivity contribution in [1.82, 2.24) is 14.5 Å². The van der Waals surface area contributed by atoms with Gasteiger partial charge in [0.2, 0.25) is 5.89 Å². The number of aromatic nitrogens is 3. The number of nitrogens with zero attached hydrogens (tertiary/aromatic N) is 3. The third-order valence-electron chi connectivity index (χ3n) is 3.88. The van der Waals surface area contributed by atoms with Crippen molar-refractivity contribution < 1.29 is 4.42 Å². The molecule has 0 aliphatic rings. The SMILES string of the molecule is Cn1c(SCc2ncc(-c3ccccc3)o2)nc2ccccc2c1=O. The van der Waals surface area contributed by atoms with Crippen LogP contribution < -0.4 is 5.56 Å². The predicted octanol–water partition coefficient (Wildman–Crippen LogP) is 3.88. The third-order valence-corrected chi connectivity index (χ3v) is 4.89. The van der Waals surface area contributed by atoms with Crippen molar-refractivity contribution in [2.24, 2.45) is 7.05 Å². The number of hydrogen-bond acceptors (Lipinski definition) is 5. The molecule has 25 heavy (non-hydrogen) atoms. The van der Waals surface area contributed by atoms with Crippen LogP contribution in [0.5, 0.6) is 0 Å². The van der Waals surface area contributed by atoms with Crippen LogP contribution in [-0.4, -0.2) is 14.5 Å². The lowest BCUT2D eigenvalue weighted by molar-refractivity contribution is 0.529. The average Bonchev–Trinajstić information content (AvgIpc) is 3.13. The summed E-state index contributed by atoms with van der Waals surface area (Å²) < 4.78 is 7.37. The van der Waals surface area contributed by atoms with E-state index in [4.69, 9.17) is 4.42 Å². The number of rotatable bonds is 4. The van der Waals surface area contributed by atoms with Crippen molar-refractivity contribution in [2.75, 3.05) is 0 Å². The maximum atomic E-state index is 12.4. The third kappa shape index (κ3) is 3.08. The Morgan fingerprint density at radius 2 is 1.84 bits per heavy atom. The fourth-order valence-electron chi connectivity index (χ4n) is 2.57. The highest BCUT2D eigenvalue weighted by molar-refractivity contribution is 7.98. The first-order valence-corrected chi connectivity index (χ1v) is 8.79. The Morgan fingerprint density at radius 3 is 2.68 bits per heavy atom. The highest BCUT2D eigenvalue weighted by Crippen LogP contribution is 2.25. The molecule has 0 radical (unpaired) electrons. The maximum absolute atomic E-state index is 12.4. The molecule has 0 fully saturated rings. The average molecular weight is 349 g/mol. The van der Waals surface area contributed by atoms with Crippen LogP contribution >= 0.6 is 11.8 Å². The van der Waals surface area contributed by atoms with Crippen LogP contribution in [-0.2, 0) is 12.8 Å². The van der Waals surface area contributed by atoms with Gasteiger partial charge in [0.05, 0.1) is 22.9 Å². The first kappa shape index (κ1) is 15.7. The van der Waals surface area contributed by atoms with Crippen LogP contribution in [0.25, 0.3) is 22.2 Å². The zero-order valence-electron chi connectivity index (χ0n) is 13.5. The van der Waals surface area contributed by atoms with Crippen LogP contribution in [0, 0.1) is 0 Å². The minimum atomic E-state index is -0.0505. The lowest BCUT2D eigenvalue weighted by atomic mass is 10.2. The van der Waals surface area contributed by atoms with Crippen molar-refractivity contribution in [1.29, 1.82) is 0 Å². The highest BCUT2D eigenvalue weighted by atomic mass is 32.2. The summed E-state index contributed by atoms with van der Waals surface area (Å²) in [7, 11) is 1.73. The van der Waals surface area contributed by atoms with Crippen molar-refractivity contribution in [3.63, 3.8) is 0 Å². The fourth-order valence-corrected chi connectivity index (χ4v) is 3.39. The van der Waals surface area contributed by atoms with Gasteiger partial charge in [-0.2, -0.15) is 0 Å². The second-order valence-electron chi connectivity index (χ2n) is 5.55. The summed E-state index contributed by atoms with van der Waals surface area (Å²) in [4.78, 5) is 21.3. The van der Waals surface area contributed by atoms with Crippen molar-refractivity contribution in [3.05, 3.63) is 77.0 Å². The molecule has 0 aliphatic carbocycles. The van der Waals surface area contributed by atoms with E-state index in [1.165, 1.54) is 11.8 Å². The molecule has 0 unspecified atom stereocenters. The molecule has 2 aromatic heterocycles. The van der Waals surface area contributed by atoms with Crippen LogP contribution in [0.4, 0.5) is 0 Å². The summed E-state index contributed by atoms with van der Waals surface area (Å²) in [5.41, 5.74) is 1.64. The molecule has 0 atom stereocenters. The monoisotopic (exact) mass is 349 g/mol. The summed E-state index contributed by atoms with van der Waals surface area (Å²) in [5, 5.41) is 1.26. The Kier molecular flexibility index (Phi) is 4.11. The number of hydrogen-bond donors (Lipinski definition) is 0. The minimum Gasteiger partial charge on any atom is -0.440 e. The van der Waals surface area contributed by atoms with Crippen LogP contribution in [0.15, 0.2) is 75.2 Å². The Hall–Kier alpha value is -2.86. The van der Waals surface area contributed by atoms with E-state index < -0.39 is 0 Å². The van der Waals surface area contributed by atoms with Gasteiger partial charge in [-0.05, 0) is 12.1 Å². The van der Waals surface area contributed by atoms with Gasteiger partial charge in [0.25, 0.3) is 5.56 Å². The summed E-state index contributed by atoms with van der Waals surface area (Å²) in [6, 6.07) is 17.2. The summed E-state index contributed by atoms with van der Waals surface area (Å²) in [5.74, 6) is 1.84. The van der Waals surface area contributed by atoms with E-state index in [1.54, 1.807) is 23.9 Å². The molecule has 124 valence electrons. The molecule has 2 heterocycles. The van der Waals surface area contributed by atoms with Crippen LogP contribution in [0.1, 0.15) is 5.89 Å². The quantitative estimate of drug-likeness (QED) is 0.413. The summed E-state index contributed by atoms with van der Waals surface area (Å²) in [6.45, 7) is 0. The Bertz CT molecular complexity index is 1090. The molecule has 0 saturated carbocycles. The van der Waals surface area contributed by atoms with Gasteiger partial charge in [-0.25, -0.2) is 9.97 Å². The van der Waals surface area contributed by atoms with Crippen LogP contribution in [0.2, 0.25) is 0 Å². The Balaban J connectivity index is 1.58. The molecule has 4 rings (SSSR count). The van der Waals surface area contributed by atoms with E-state index in [1.807, 2.05) is 48.5 Å². The van der Waals surface area contributed by atoms with Crippen molar-refractivity contribution in [3.8, 4) is 11.3 Å². The van der Waals surface area contributed by atoms with Gasteiger partial charge >= 0.3 is 0 Å². The molecule has 0 amide bonds. The Labute approximate surface area is 148 Å². The van der Waals surface area contributed by atoms with Crippen molar-refractivity contribution in [2.45, 2.75) is 10.9 Å². The minimum absolute atomic E-state index is 0.0505. The largest absolute Gasteiger partial charge is 0.440 e. The molecule has 0 spiro atoms. The molecule has 2 aromatic carbocycles. The summed E-state index contributed by atoms with van der Waals surface area (Å²) in [6.07, 6.45) is 1.72. The number of benzene rings is 2. The molecule has 0 saturated heterocycles. The maximum Gasteiger partial charge on any atom is 0.261 e. The molecule has 0 bridgehead atoms. The van der Waals surface area contributed by atoms with Gasteiger partial charge < -0.3 is 4.42 Å². The van der Waals surface area contributed by atoms with Gasteiger partial charge in [0, 0.05) is 12.6 Å².